The maximum atomic E-state index is 3.64. The predicted molar refractivity (Wildman–Crippen MR) is 81.0 cm³/mol. The number of rotatable bonds is 4. The Bertz CT molecular complexity index is 381. The molecule has 0 amide bonds. The van der Waals surface area contributed by atoms with Crippen LogP contribution >= 0.6 is 27.7 Å². The Morgan fingerprint density at radius 3 is 2.59 bits per heavy atom. The normalized spacial score (nSPS) is 17.8. The molecule has 1 aliphatic rings. The van der Waals surface area contributed by atoms with Crippen molar-refractivity contribution in [1.29, 1.82) is 0 Å². The van der Waals surface area contributed by atoms with Gasteiger partial charge in [-0.2, -0.15) is 0 Å². The standard InChI is InChI=1S/C15H21BrS/c1-3-7-15(8-4-2)9-10-17-14-6-5-12(16)11-13(14)15/h5-6,11H,3-4,7-10H2,1-2H3. The molecule has 0 spiro atoms. The topological polar surface area (TPSA) is 0 Å². The van der Waals surface area contributed by atoms with Gasteiger partial charge in [-0.15, -0.1) is 11.8 Å². The van der Waals surface area contributed by atoms with Crippen LogP contribution in [-0.2, 0) is 5.41 Å². The lowest BCUT2D eigenvalue weighted by Gasteiger charge is -2.39. The molecule has 0 unspecified atom stereocenters. The third-order valence-corrected chi connectivity index (χ3v) is 5.38. The first-order valence-electron chi connectivity index (χ1n) is 6.64. The fourth-order valence-corrected chi connectivity index (χ4v) is 4.80. The van der Waals surface area contributed by atoms with E-state index in [9.17, 15) is 0 Å². The minimum Gasteiger partial charge on any atom is -0.126 e. The summed E-state index contributed by atoms with van der Waals surface area (Å²) in [4.78, 5) is 1.52. The summed E-state index contributed by atoms with van der Waals surface area (Å²) in [6.45, 7) is 4.63. The SMILES string of the molecule is CCCC1(CCC)CCSc2ccc(Br)cc21. The minimum atomic E-state index is 0.452. The molecule has 94 valence electrons. The van der Waals surface area contributed by atoms with E-state index in [1.165, 1.54) is 47.2 Å². The molecule has 1 heterocycles. The molecule has 0 bridgehead atoms. The number of fused-ring (bicyclic) bond motifs is 1. The monoisotopic (exact) mass is 312 g/mol. The average molecular weight is 313 g/mol. The zero-order valence-electron chi connectivity index (χ0n) is 10.8. The molecule has 0 saturated carbocycles. The molecule has 2 heteroatoms. The van der Waals surface area contributed by atoms with Gasteiger partial charge in [0.2, 0.25) is 0 Å². The highest BCUT2D eigenvalue weighted by Gasteiger charge is 2.35. The first-order valence-corrected chi connectivity index (χ1v) is 8.42. The van der Waals surface area contributed by atoms with Crippen molar-refractivity contribution in [2.45, 2.75) is 56.3 Å². The highest BCUT2D eigenvalue weighted by molar-refractivity contribution is 9.10. The average Bonchev–Trinajstić information content (AvgIpc) is 2.31. The Kier molecular flexibility index (Phi) is 4.59. The van der Waals surface area contributed by atoms with Crippen LogP contribution in [0.15, 0.2) is 27.6 Å². The Morgan fingerprint density at radius 2 is 1.94 bits per heavy atom. The molecular weight excluding hydrogens is 292 g/mol. The summed E-state index contributed by atoms with van der Waals surface area (Å²) in [5.74, 6) is 1.29. The van der Waals surface area contributed by atoms with E-state index in [-0.39, 0.29) is 0 Å². The predicted octanol–water partition coefficient (Wildman–Crippen LogP) is 5.78. The highest BCUT2D eigenvalue weighted by atomic mass is 79.9. The van der Waals surface area contributed by atoms with E-state index in [0.29, 0.717) is 5.41 Å². The van der Waals surface area contributed by atoms with Gasteiger partial charge in [0, 0.05) is 9.37 Å². The van der Waals surface area contributed by atoms with Gasteiger partial charge in [-0.1, -0.05) is 42.6 Å². The van der Waals surface area contributed by atoms with Crippen LogP contribution in [0.25, 0.3) is 0 Å². The third-order valence-electron chi connectivity index (χ3n) is 3.81. The summed E-state index contributed by atoms with van der Waals surface area (Å²) in [5, 5.41) is 0. The van der Waals surface area contributed by atoms with Crippen LogP contribution in [0.4, 0.5) is 0 Å². The Balaban J connectivity index is 2.45. The van der Waals surface area contributed by atoms with Crippen molar-refractivity contribution in [1.82, 2.24) is 0 Å². The second-order valence-electron chi connectivity index (χ2n) is 5.02. The maximum Gasteiger partial charge on any atom is 0.0179 e. The van der Waals surface area contributed by atoms with Crippen molar-refractivity contribution in [3.05, 3.63) is 28.2 Å². The van der Waals surface area contributed by atoms with Crippen LogP contribution in [-0.4, -0.2) is 5.75 Å². The zero-order valence-corrected chi connectivity index (χ0v) is 13.2. The van der Waals surface area contributed by atoms with Crippen molar-refractivity contribution >= 4 is 27.7 Å². The van der Waals surface area contributed by atoms with Crippen LogP contribution in [0.3, 0.4) is 0 Å². The van der Waals surface area contributed by atoms with Crippen LogP contribution in [0.2, 0.25) is 0 Å². The molecule has 1 aromatic carbocycles. The van der Waals surface area contributed by atoms with E-state index < -0.39 is 0 Å². The molecule has 17 heavy (non-hydrogen) atoms. The summed E-state index contributed by atoms with van der Waals surface area (Å²) < 4.78 is 1.23. The fourth-order valence-electron chi connectivity index (χ4n) is 3.13. The molecule has 0 atom stereocenters. The van der Waals surface area contributed by atoms with Crippen molar-refractivity contribution in [3.8, 4) is 0 Å². The van der Waals surface area contributed by atoms with Crippen molar-refractivity contribution in [2.75, 3.05) is 5.75 Å². The zero-order chi connectivity index (χ0) is 12.3. The molecule has 0 nitrogen and oxygen atoms in total. The second-order valence-corrected chi connectivity index (χ2v) is 7.07. The first kappa shape index (κ1) is 13.5. The van der Waals surface area contributed by atoms with Gasteiger partial charge in [0.05, 0.1) is 0 Å². The van der Waals surface area contributed by atoms with Crippen LogP contribution in [0, 0.1) is 0 Å². The third kappa shape index (κ3) is 2.73. The van der Waals surface area contributed by atoms with Gasteiger partial charge in [-0.25, -0.2) is 0 Å². The summed E-state index contributed by atoms with van der Waals surface area (Å²) in [6, 6.07) is 6.84. The van der Waals surface area contributed by atoms with Crippen molar-refractivity contribution < 1.29 is 0 Å². The number of hydrogen-bond acceptors (Lipinski definition) is 1. The Hall–Kier alpha value is 0.0500. The van der Waals surface area contributed by atoms with E-state index in [0.717, 1.165) is 0 Å². The van der Waals surface area contributed by atoms with E-state index in [1.807, 2.05) is 11.8 Å². The smallest absolute Gasteiger partial charge is 0.0179 e. The van der Waals surface area contributed by atoms with Gasteiger partial charge in [0.25, 0.3) is 0 Å². The van der Waals surface area contributed by atoms with Crippen LogP contribution in [0.1, 0.15) is 51.5 Å². The van der Waals surface area contributed by atoms with Gasteiger partial charge in [0.15, 0.2) is 0 Å². The summed E-state index contributed by atoms with van der Waals surface area (Å²) in [5.41, 5.74) is 2.06. The van der Waals surface area contributed by atoms with Crippen molar-refractivity contribution in [3.63, 3.8) is 0 Å². The number of hydrogen-bond donors (Lipinski definition) is 0. The van der Waals surface area contributed by atoms with Crippen LogP contribution in [0.5, 0.6) is 0 Å². The van der Waals surface area contributed by atoms with Gasteiger partial charge in [-0.05, 0) is 54.2 Å². The molecule has 0 N–H and O–H groups in total. The molecule has 0 fully saturated rings. The molecule has 1 aromatic rings. The summed E-state index contributed by atoms with van der Waals surface area (Å²) in [6.07, 6.45) is 6.60. The number of halogens is 1. The lowest BCUT2D eigenvalue weighted by molar-refractivity contribution is 0.336. The lowest BCUT2D eigenvalue weighted by atomic mass is 9.71. The Morgan fingerprint density at radius 1 is 1.24 bits per heavy atom. The van der Waals surface area contributed by atoms with Gasteiger partial charge >= 0.3 is 0 Å². The molecule has 0 saturated heterocycles. The van der Waals surface area contributed by atoms with E-state index in [2.05, 4.69) is 48.0 Å². The molecule has 1 aliphatic heterocycles. The van der Waals surface area contributed by atoms with E-state index >= 15 is 0 Å². The molecule has 2 rings (SSSR count). The largest absolute Gasteiger partial charge is 0.126 e. The first-order chi connectivity index (χ1) is 8.22. The van der Waals surface area contributed by atoms with Crippen LogP contribution < -0.4 is 0 Å². The van der Waals surface area contributed by atoms with Gasteiger partial charge in [0.1, 0.15) is 0 Å². The molecule has 0 radical (unpaired) electrons. The number of benzene rings is 1. The van der Waals surface area contributed by atoms with Gasteiger partial charge < -0.3 is 0 Å². The van der Waals surface area contributed by atoms with E-state index in [4.69, 9.17) is 0 Å². The second kappa shape index (κ2) is 5.79. The van der Waals surface area contributed by atoms with Gasteiger partial charge in [-0.3, -0.25) is 0 Å². The summed E-state index contributed by atoms with van der Waals surface area (Å²) >= 11 is 5.67. The molecule has 0 aromatic heterocycles. The quantitative estimate of drug-likeness (QED) is 0.678. The maximum absolute atomic E-state index is 3.64. The fraction of sp³-hybridized carbons (Fsp3) is 0.600. The number of thioether (sulfide) groups is 1. The van der Waals surface area contributed by atoms with Crippen molar-refractivity contribution in [2.24, 2.45) is 0 Å². The molecule has 0 aliphatic carbocycles. The summed E-state index contributed by atoms with van der Waals surface area (Å²) in [7, 11) is 0. The lowest BCUT2D eigenvalue weighted by Crippen LogP contribution is -2.30. The Labute approximate surface area is 118 Å². The minimum absolute atomic E-state index is 0.452. The van der Waals surface area contributed by atoms with E-state index in [1.54, 1.807) is 5.56 Å². The highest BCUT2D eigenvalue weighted by Crippen LogP contribution is 2.48. The molecular formula is C15H21BrS.